The van der Waals surface area contributed by atoms with Crippen molar-refractivity contribution >= 4 is 5.91 Å². The lowest BCUT2D eigenvalue weighted by Crippen LogP contribution is -2.37. The number of aliphatic hydroxyl groups excluding tert-OH is 1. The van der Waals surface area contributed by atoms with Gasteiger partial charge in [0.2, 0.25) is 5.91 Å². The van der Waals surface area contributed by atoms with Crippen LogP contribution >= 0.6 is 0 Å². The Morgan fingerprint density at radius 3 is 2.71 bits per heavy atom. The average Bonchev–Trinajstić information content (AvgIpc) is 3.14. The number of amides is 1. The van der Waals surface area contributed by atoms with Crippen LogP contribution in [0.1, 0.15) is 36.8 Å². The van der Waals surface area contributed by atoms with Crippen LogP contribution in [0.3, 0.4) is 0 Å². The van der Waals surface area contributed by atoms with Crippen LogP contribution in [-0.4, -0.2) is 42.2 Å². The van der Waals surface area contributed by atoms with Crippen molar-refractivity contribution in [2.24, 2.45) is 0 Å². The molecule has 1 saturated heterocycles. The molecular formula is C17H24N2O2. The summed E-state index contributed by atoms with van der Waals surface area (Å²) >= 11 is 0. The van der Waals surface area contributed by atoms with E-state index in [4.69, 9.17) is 5.11 Å². The number of nitrogens with zero attached hydrogens (tertiary/aromatic N) is 1. The van der Waals surface area contributed by atoms with E-state index >= 15 is 0 Å². The molecule has 1 aliphatic carbocycles. The number of nitrogens with one attached hydrogen (secondary N) is 1. The summed E-state index contributed by atoms with van der Waals surface area (Å²) in [7, 11) is 0. The minimum Gasteiger partial charge on any atom is -0.395 e. The summed E-state index contributed by atoms with van der Waals surface area (Å²) in [5.41, 5.74) is 2.11. The number of hydrogen-bond acceptors (Lipinski definition) is 3. The molecule has 0 bridgehead atoms. The number of aliphatic hydroxyl groups is 1. The van der Waals surface area contributed by atoms with Crippen LogP contribution in [0.4, 0.5) is 0 Å². The van der Waals surface area contributed by atoms with Crippen LogP contribution in [0.2, 0.25) is 0 Å². The maximum absolute atomic E-state index is 12.8. The van der Waals surface area contributed by atoms with E-state index in [-0.39, 0.29) is 12.0 Å². The quantitative estimate of drug-likeness (QED) is 0.779. The Kier molecular flexibility index (Phi) is 4.27. The fraction of sp³-hybridized carbons (Fsp3) is 0.588. The monoisotopic (exact) mass is 288 g/mol. The molecule has 21 heavy (non-hydrogen) atoms. The molecular weight excluding hydrogens is 264 g/mol. The number of benzene rings is 1. The second kappa shape index (κ2) is 6.16. The Hall–Kier alpha value is -1.39. The minimum atomic E-state index is -0.239. The predicted octanol–water partition coefficient (Wildman–Crippen LogP) is 1.42. The number of rotatable bonds is 6. The smallest absolute Gasteiger partial charge is 0.233 e. The Morgan fingerprint density at radius 2 is 2.05 bits per heavy atom. The van der Waals surface area contributed by atoms with Crippen molar-refractivity contribution in [1.29, 1.82) is 0 Å². The number of carbonyl (C=O) groups is 1. The lowest BCUT2D eigenvalue weighted by molar-refractivity contribution is -0.132. The highest BCUT2D eigenvalue weighted by atomic mass is 16.3. The molecule has 1 aromatic rings. The molecule has 114 valence electrons. The molecule has 1 aliphatic heterocycles. The van der Waals surface area contributed by atoms with E-state index in [1.54, 1.807) is 0 Å². The first-order valence-electron chi connectivity index (χ1n) is 7.97. The van der Waals surface area contributed by atoms with Crippen LogP contribution in [0.5, 0.6) is 0 Å². The van der Waals surface area contributed by atoms with Gasteiger partial charge in [-0.3, -0.25) is 4.79 Å². The van der Waals surface area contributed by atoms with Gasteiger partial charge in [-0.25, -0.2) is 0 Å². The SMILES string of the molecule is O=C(N1CCCC1)C1(c2cccc(CNCCO)c2)CC1. The second-order valence-corrected chi connectivity index (χ2v) is 6.18. The largest absolute Gasteiger partial charge is 0.395 e. The average molecular weight is 288 g/mol. The summed E-state index contributed by atoms with van der Waals surface area (Å²) < 4.78 is 0. The van der Waals surface area contributed by atoms with E-state index in [0.29, 0.717) is 12.5 Å². The van der Waals surface area contributed by atoms with E-state index in [0.717, 1.165) is 45.3 Å². The molecule has 0 aromatic heterocycles. The zero-order chi connectivity index (χ0) is 14.7. The fourth-order valence-electron chi connectivity index (χ4n) is 3.26. The molecule has 1 amide bonds. The summed E-state index contributed by atoms with van der Waals surface area (Å²) in [6, 6.07) is 8.37. The van der Waals surface area contributed by atoms with Crippen molar-refractivity contribution in [1.82, 2.24) is 10.2 Å². The maximum Gasteiger partial charge on any atom is 0.233 e. The van der Waals surface area contributed by atoms with Gasteiger partial charge in [-0.1, -0.05) is 24.3 Å². The standard InChI is InChI=1S/C17H24N2O2/c20-11-8-18-13-14-4-3-5-15(12-14)17(6-7-17)16(21)19-9-1-2-10-19/h3-5,12,18,20H,1-2,6-11,13H2. The summed E-state index contributed by atoms with van der Waals surface area (Å²) in [4.78, 5) is 14.8. The van der Waals surface area contributed by atoms with Crippen molar-refractivity contribution in [3.8, 4) is 0 Å². The Morgan fingerprint density at radius 1 is 1.29 bits per heavy atom. The molecule has 2 N–H and O–H groups in total. The van der Waals surface area contributed by atoms with E-state index in [1.165, 1.54) is 11.1 Å². The highest BCUT2D eigenvalue weighted by molar-refractivity contribution is 5.91. The Bertz CT molecular complexity index is 505. The van der Waals surface area contributed by atoms with Crippen molar-refractivity contribution in [2.45, 2.75) is 37.6 Å². The highest BCUT2D eigenvalue weighted by Crippen LogP contribution is 2.50. The molecule has 0 spiro atoms. The summed E-state index contributed by atoms with van der Waals surface area (Å²) in [6.45, 7) is 3.35. The van der Waals surface area contributed by atoms with E-state index in [9.17, 15) is 4.79 Å². The van der Waals surface area contributed by atoms with Gasteiger partial charge >= 0.3 is 0 Å². The third-order valence-electron chi connectivity index (χ3n) is 4.65. The van der Waals surface area contributed by atoms with E-state index < -0.39 is 0 Å². The van der Waals surface area contributed by atoms with Gasteiger partial charge in [0.25, 0.3) is 0 Å². The third kappa shape index (κ3) is 2.97. The zero-order valence-corrected chi connectivity index (χ0v) is 12.5. The van der Waals surface area contributed by atoms with Gasteiger partial charge in [0.05, 0.1) is 12.0 Å². The second-order valence-electron chi connectivity index (χ2n) is 6.18. The first-order valence-corrected chi connectivity index (χ1v) is 7.97. The van der Waals surface area contributed by atoms with Crippen LogP contribution in [0, 0.1) is 0 Å². The number of carbonyl (C=O) groups excluding carboxylic acids is 1. The molecule has 2 fully saturated rings. The van der Waals surface area contributed by atoms with Crippen molar-refractivity contribution in [2.75, 3.05) is 26.2 Å². The lowest BCUT2D eigenvalue weighted by Gasteiger charge is -2.23. The number of likely N-dealkylation sites (tertiary alicyclic amines) is 1. The molecule has 4 nitrogen and oxygen atoms in total. The van der Waals surface area contributed by atoms with E-state index in [1.807, 2.05) is 11.0 Å². The predicted molar refractivity (Wildman–Crippen MR) is 82.0 cm³/mol. The van der Waals surface area contributed by atoms with Gasteiger partial charge < -0.3 is 15.3 Å². The van der Waals surface area contributed by atoms with Crippen LogP contribution in [-0.2, 0) is 16.8 Å². The molecule has 0 radical (unpaired) electrons. The molecule has 1 saturated carbocycles. The van der Waals surface area contributed by atoms with Gasteiger partial charge in [0.15, 0.2) is 0 Å². The summed E-state index contributed by atoms with van der Waals surface area (Å²) in [5, 5.41) is 12.0. The van der Waals surface area contributed by atoms with Crippen molar-refractivity contribution < 1.29 is 9.90 Å². The van der Waals surface area contributed by atoms with Gasteiger partial charge in [-0.2, -0.15) is 0 Å². The summed E-state index contributed by atoms with van der Waals surface area (Å²) in [6.07, 6.45) is 4.26. The Labute approximate surface area is 126 Å². The van der Waals surface area contributed by atoms with Crippen LogP contribution < -0.4 is 5.32 Å². The molecule has 4 heteroatoms. The molecule has 2 aliphatic rings. The van der Waals surface area contributed by atoms with Gasteiger partial charge in [0, 0.05) is 26.2 Å². The van der Waals surface area contributed by atoms with Crippen molar-refractivity contribution in [3.63, 3.8) is 0 Å². The Balaban J connectivity index is 1.73. The molecule has 1 aromatic carbocycles. The molecule has 3 rings (SSSR count). The first-order chi connectivity index (χ1) is 10.3. The van der Waals surface area contributed by atoms with Gasteiger partial charge in [-0.05, 0) is 36.8 Å². The van der Waals surface area contributed by atoms with Gasteiger partial charge in [0.1, 0.15) is 0 Å². The summed E-state index contributed by atoms with van der Waals surface area (Å²) in [5.74, 6) is 0.334. The number of hydrogen-bond donors (Lipinski definition) is 2. The molecule has 0 unspecified atom stereocenters. The lowest BCUT2D eigenvalue weighted by atomic mass is 9.93. The first kappa shape index (κ1) is 14.5. The third-order valence-corrected chi connectivity index (χ3v) is 4.65. The maximum atomic E-state index is 12.8. The van der Waals surface area contributed by atoms with Gasteiger partial charge in [-0.15, -0.1) is 0 Å². The normalized spacial score (nSPS) is 19.8. The van der Waals surface area contributed by atoms with Crippen molar-refractivity contribution in [3.05, 3.63) is 35.4 Å². The zero-order valence-electron chi connectivity index (χ0n) is 12.5. The highest BCUT2D eigenvalue weighted by Gasteiger charge is 2.53. The van der Waals surface area contributed by atoms with E-state index in [2.05, 4.69) is 23.5 Å². The van der Waals surface area contributed by atoms with Crippen LogP contribution in [0.25, 0.3) is 0 Å². The van der Waals surface area contributed by atoms with Crippen LogP contribution in [0.15, 0.2) is 24.3 Å². The minimum absolute atomic E-state index is 0.150. The topological polar surface area (TPSA) is 52.6 Å². The molecule has 0 atom stereocenters. The molecule has 1 heterocycles. The fourth-order valence-corrected chi connectivity index (χ4v) is 3.26.